The third-order valence-corrected chi connectivity index (χ3v) is 11.1. The average Bonchev–Trinajstić information content (AvgIpc) is 3.12. The summed E-state index contributed by atoms with van der Waals surface area (Å²) in [5.74, 6) is 0. The minimum absolute atomic E-state index is 0.0659. The fourth-order valence-corrected chi connectivity index (χ4v) is 4.98. The molecule has 2 heterocycles. The molecule has 0 amide bonds. The lowest BCUT2D eigenvalue weighted by atomic mass is 10.1. The van der Waals surface area contributed by atoms with Crippen molar-refractivity contribution in [2.75, 3.05) is 13.7 Å². The SMILES string of the molecule is CO[C@H]1C(O[Si](C)(C)C(C)(C)C)[C@@H](CO)O[C@H]1n1ccc(=O)n(COCc2ccccc2)c1=O. The molecule has 1 unspecified atom stereocenters. The molecule has 1 aromatic heterocycles. The van der Waals surface area contributed by atoms with Gasteiger partial charge in [0.05, 0.1) is 13.2 Å². The number of aliphatic hydroxyl groups excluding tert-OH is 1. The number of aliphatic hydroxyl groups is 1. The number of benzene rings is 1. The number of rotatable bonds is 9. The predicted octanol–water partition coefficient (Wildman–Crippen LogP) is 2.48. The molecule has 34 heavy (non-hydrogen) atoms. The molecule has 1 fully saturated rings. The van der Waals surface area contributed by atoms with Crippen LogP contribution in [0.4, 0.5) is 0 Å². The number of aromatic nitrogens is 2. The van der Waals surface area contributed by atoms with Gasteiger partial charge in [0.25, 0.3) is 5.56 Å². The summed E-state index contributed by atoms with van der Waals surface area (Å²) in [5.41, 5.74) is -0.131. The second-order valence-corrected chi connectivity index (χ2v) is 14.8. The van der Waals surface area contributed by atoms with Crippen molar-refractivity contribution in [3.63, 3.8) is 0 Å². The highest BCUT2D eigenvalue weighted by Gasteiger charge is 2.51. The lowest BCUT2D eigenvalue weighted by molar-refractivity contribution is -0.0641. The highest BCUT2D eigenvalue weighted by Crippen LogP contribution is 2.41. The van der Waals surface area contributed by atoms with Crippen molar-refractivity contribution in [1.29, 1.82) is 0 Å². The minimum atomic E-state index is -2.23. The number of ether oxygens (including phenoxy) is 3. The number of methoxy groups -OCH3 is 1. The molecule has 10 heteroatoms. The Balaban J connectivity index is 1.86. The quantitative estimate of drug-likeness (QED) is 0.537. The van der Waals surface area contributed by atoms with E-state index in [0.717, 1.165) is 10.1 Å². The largest absolute Gasteiger partial charge is 0.408 e. The monoisotopic (exact) mass is 492 g/mol. The summed E-state index contributed by atoms with van der Waals surface area (Å²) >= 11 is 0. The fraction of sp³-hybridized carbons (Fsp3) is 0.583. The van der Waals surface area contributed by atoms with Crippen LogP contribution in [0.1, 0.15) is 32.6 Å². The van der Waals surface area contributed by atoms with Crippen LogP contribution in [-0.4, -0.2) is 54.6 Å². The van der Waals surface area contributed by atoms with Gasteiger partial charge >= 0.3 is 5.69 Å². The van der Waals surface area contributed by atoms with E-state index in [0.29, 0.717) is 0 Å². The molecule has 0 radical (unpaired) electrons. The molecule has 2 aromatic rings. The van der Waals surface area contributed by atoms with E-state index in [-0.39, 0.29) is 25.0 Å². The highest BCUT2D eigenvalue weighted by molar-refractivity contribution is 6.74. The normalized spacial score (nSPS) is 23.4. The molecule has 1 saturated heterocycles. The van der Waals surface area contributed by atoms with Gasteiger partial charge in [0.1, 0.15) is 25.0 Å². The van der Waals surface area contributed by atoms with Crippen LogP contribution >= 0.6 is 0 Å². The van der Waals surface area contributed by atoms with Crippen molar-refractivity contribution < 1.29 is 23.7 Å². The zero-order valence-electron chi connectivity index (χ0n) is 20.8. The van der Waals surface area contributed by atoms with E-state index >= 15 is 0 Å². The Hall–Kier alpha value is -2.08. The molecule has 0 aliphatic carbocycles. The van der Waals surface area contributed by atoms with Crippen molar-refractivity contribution >= 4 is 8.32 Å². The average molecular weight is 493 g/mol. The molecule has 4 atom stereocenters. The number of hydrogen-bond donors (Lipinski definition) is 1. The van der Waals surface area contributed by atoms with E-state index in [4.69, 9.17) is 18.6 Å². The number of nitrogens with zero attached hydrogens (tertiary/aromatic N) is 2. The molecular weight excluding hydrogens is 456 g/mol. The van der Waals surface area contributed by atoms with Gasteiger partial charge in [-0.05, 0) is 23.7 Å². The molecule has 0 bridgehead atoms. The Morgan fingerprint density at radius 2 is 1.76 bits per heavy atom. The molecule has 1 aromatic carbocycles. The van der Waals surface area contributed by atoms with Crippen molar-refractivity contribution in [1.82, 2.24) is 9.13 Å². The first kappa shape index (κ1) is 26.5. The third kappa shape index (κ3) is 5.59. The van der Waals surface area contributed by atoms with Crippen LogP contribution < -0.4 is 11.2 Å². The second-order valence-electron chi connectivity index (χ2n) is 10.0. The lowest BCUT2D eigenvalue weighted by Gasteiger charge is -2.40. The third-order valence-electron chi connectivity index (χ3n) is 6.68. The van der Waals surface area contributed by atoms with Crippen molar-refractivity contribution in [2.45, 2.75) is 76.8 Å². The van der Waals surface area contributed by atoms with E-state index in [9.17, 15) is 14.7 Å². The summed E-state index contributed by atoms with van der Waals surface area (Å²) in [6, 6.07) is 10.8. The molecule has 0 spiro atoms. The molecule has 188 valence electrons. The molecule has 9 nitrogen and oxygen atoms in total. The van der Waals surface area contributed by atoms with Gasteiger partial charge in [0.2, 0.25) is 0 Å². The Morgan fingerprint density at radius 1 is 1.09 bits per heavy atom. The second kappa shape index (κ2) is 10.7. The Labute approximate surface area is 201 Å². The van der Waals surface area contributed by atoms with Gasteiger partial charge in [0.15, 0.2) is 14.5 Å². The van der Waals surface area contributed by atoms with E-state index in [2.05, 4.69) is 33.9 Å². The standard InChI is InChI=1S/C24H36N2O7Si/c1-24(2,3)34(5,6)33-20-18(14-27)32-22(21(20)30-4)25-13-12-19(28)26(23(25)29)16-31-15-17-10-8-7-9-11-17/h7-13,18,20-22,27H,14-16H2,1-6H3/t18-,20?,21+,22-/m1/s1. The van der Waals surface area contributed by atoms with E-state index in [1.165, 1.54) is 23.9 Å². The first-order valence-electron chi connectivity index (χ1n) is 11.4. The van der Waals surface area contributed by atoms with Crippen LogP contribution in [0.3, 0.4) is 0 Å². The molecule has 3 rings (SSSR count). The molecule has 1 N–H and O–H groups in total. The Kier molecular flexibility index (Phi) is 8.33. The van der Waals surface area contributed by atoms with E-state index in [1.807, 2.05) is 30.3 Å². The lowest BCUT2D eigenvalue weighted by Crippen LogP contribution is -2.50. The maximum Gasteiger partial charge on any atom is 0.335 e. The van der Waals surface area contributed by atoms with Gasteiger partial charge < -0.3 is 23.7 Å². The molecular formula is C24H36N2O7Si. The summed E-state index contributed by atoms with van der Waals surface area (Å²) in [4.78, 5) is 25.7. The van der Waals surface area contributed by atoms with Crippen molar-refractivity contribution in [2.24, 2.45) is 0 Å². The van der Waals surface area contributed by atoms with Gasteiger partial charge in [-0.1, -0.05) is 51.1 Å². The molecule has 1 aliphatic heterocycles. The summed E-state index contributed by atoms with van der Waals surface area (Å²) in [6.07, 6.45) is -1.38. The van der Waals surface area contributed by atoms with Gasteiger partial charge in [0, 0.05) is 19.4 Å². The highest BCUT2D eigenvalue weighted by atomic mass is 28.4. The topological polar surface area (TPSA) is 101 Å². The molecule has 1 aliphatic rings. The minimum Gasteiger partial charge on any atom is -0.408 e. The van der Waals surface area contributed by atoms with Gasteiger partial charge in [-0.3, -0.25) is 9.36 Å². The number of hydrogen-bond acceptors (Lipinski definition) is 7. The zero-order valence-corrected chi connectivity index (χ0v) is 21.8. The first-order chi connectivity index (χ1) is 16.0. The van der Waals surface area contributed by atoms with Crippen LogP contribution in [0.25, 0.3) is 0 Å². The van der Waals surface area contributed by atoms with E-state index < -0.39 is 44.1 Å². The zero-order chi connectivity index (χ0) is 25.1. The Morgan fingerprint density at radius 3 is 2.35 bits per heavy atom. The van der Waals surface area contributed by atoms with Gasteiger partial charge in [-0.15, -0.1) is 0 Å². The van der Waals surface area contributed by atoms with Gasteiger partial charge in [-0.25, -0.2) is 9.36 Å². The Bertz CT molecular complexity index is 1060. The van der Waals surface area contributed by atoms with Crippen LogP contribution in [0.15, 0.2) is 52.2 Å². The first-order valence-corrected chi connectivity index (χ1v) is 14.3. The summed E-state index contributed by atoms with van der Waals surface area (Å²) < 4.78 is 26.3. The summed E-state index contributed by atoms with van der Waals surface area (Å²) in [5, 5.41) is 9.93. The van der Waals surface area contributed by atoms with Gasteiger partial charge in [-0.2, -0.15) is 0 Å². The van der Waals surface area contributed by atoms with Crippen LogP contribution in [0, 0.1) is 0 Å². The maximum atomic E-state index is 13.2. The smallest absolute Gasteiger partial charge is 0.335 e. The van der Waals surface area contributed by atoms with Crippen molar-refractivity contribution in [3.05, 3.63) is 69.0 Å². The van der Waals surface area contributed by atoms with Crippen LogP contribution in [0.2, 0.25) is 18.1 Å². The van der Waals surface area contributed by atoms with Crippen LogP contribution in [-0.2, 0) is 32.0 Å². The maximum absolute atomic E-state index is 13.2. The summed E-state index contributed by atoms with van der Waals surface area (Å²) in [7, 11) is -0.713. The summed E-state index contributed by atoms with van der Waals surface area (Å²) in [6.45, 7) is 10.4. The fourth-order valence-electron chi connectivity index (χ4n) is 3.66. The van der Waals surface area contributed by atoms with E-state index in [1.54, 1.807) is 0 Å². The molecule has 0 saturated carbocycles. The van der Waals surface area contributed by atoms with Crippen molar-refractivity contribution in [3.8, 4) is 0 Å². The van der Waals surface area contributed by atoms with Crippen LogP contribution in [0.5, 0.6) is 0 Å². The predicted molar refractivity (Wildman–Crippen MR) is 130 cm³/mol.